The van der Waals surface area contributed by atoms with Gasteiger partial charge in [0.05, 0.1) is 19.9 Å². The lowest BCUT2D eigenvalue weighted by Crippen LogP contribution is -2.14. The van der Waals surface area contributed by atoms with Crippen molar-refractivity contribution in [3.8, 4) is 5.75 Å². The van der Waals surface area contributed by atoms with Crippen LogP contribution in [0.25, 0.3) is 5.52 Å². The van der Waals surface area contributed by atoms with Crippen LogP contribution in [0.4, 0.5) is 0 Å². The predicted octanol–water partition coefficient (Wildman–Crippen LogP) is 0.208. The van der Waals surface area contributed by atoms with Gasteiger partial charge in [-0.25, -0.2) is 9.31 Å². The Morgan fingerprint density at radius 2 is 2.35 bits per heavy atom. The van der Waals surface area contributed by atoms with Crippen molar-refractivity contribution in [2.75, 3.05) is 13.7 Å². The summed E-state index contributed by atoms with van der Waals surface area (Å²) in [6.45, 7) is 1.91. The first-order valence-electron chi connectivity index (χ1n) is 4.99. The zero-order chi connectivity index (χ0) is 12.4. The van der Waals surface area contributed by atoms with E-state index in [1.54, 1.807) is 6.92 Å². The second-order valence-electron chi connectivity index (χ2n) is 3.20. The third-order valence-corrected chi connectivity index (χ3v) is 2.24. The lowest BCUT2D eigenvalue weighted by atomic mass is 10.2. The molecule has 0 spiro atoms. The highest BCUT2D eigenvalue weighted by Crippen LogP contribution is 2.23. The Labute approximate surface area is 96.0 Å². The summed E-state index contributed by atoms with van der Waals surface area (Å²) < 4.78 is 11.2. The summed E-state index contributed by atoms with van der Waals surface area (Å²) >= 11 is 0. The molecule has 0 aliphatic rings. The van der Waals surface area contributed by atoms with Crippen molar-refractivity contribution in [3.05, 3.63) is 28.4 Å². The summed E-state index contributed by atoms with van der Waals surface area (Å²) in [5.41, 5.74) is -0.224. The Kier molecular flexibility index (Phi) is 2.82. The summed E-state index contributed by atoms with van der Waals surface area (Å²) in [5, 5.41) is 3.89. The molecule has 90 valence electrons. The number of aromatic amines is 1. The lowest BCUT2D eigenvalue weighted by Gasteiger charge is -2.02. The summed E-state index contributed by atoms with van der Waals surface area (Å²) in [7, 11) is 1.41. The fourth-order valence-corrected chi connectivity index (χ4v) is 1.55. The van der Waals surface area contributed by atoms with E-state index in [0.29, 0.717) is 0 Å². The summed E-state index contributed by atoms with van der Waals surface area (Å²) in [6, 6.07) is 0. The monoisotopic (exact) mass is 237 g/mol. The quantitative estimate of drug-likeness (QED) is 0.771. The minimum atomic E-state index is -0.606. The van der Waals surface area contributed by atoms with Gasteiger partial charge in [-0.3, -0.25) is 4.79 Å². The van der Waals surface area contributed by atoms with Crippen LogP contribution in [0.1, 0.15) is 17.3 Å². The zero-order valence-electron chi connectivity index (χ0n) is 9.39. The molecule has 0 saturated carbocycles. The van der Waals surface area contributed by atoms with E-state index < -0.39 is 11.5 Å². The van der Waals surface area contributed by atoms with E-state index in [4.69, 9.17) is 9.47 Å². The smallest absolute Gasteiger partial charge is 0.344 e. The Hall–Kier alpha value is -2.31. The lowest BCUT2D eigenvalue weighted by molar-refractivity contribution is 0.0525. The number of fused-ring (bicyclic) bond motifs is 1. The highest BCUT2D eigenvalue weighted by atomic mass is 16.5. The molecule has 0 radical (unpaired) electrons. The number of ether oxygens (including phenoxy) is 2. The van der Waals surface area contributed by atoms with E-state index in [0.717, 1.165) is 0 Å². The van der Waals surface area contributed by atoms with Gasteiger partial charge in [0.1, 0.15) is 17.4 Å². The Balaban J connectivity index is 2.74. The minimum absolute atomic E-state index is 0.0868. The van der Waals surface area contributed by atoms with Gasteiger partial charge in [-0.1, -0.05) is 0 Å². The molecule has 0 saturated heterocycles. The van der Waals surface area contributed by atoms with Crippen LogP contribution in [0.15, 0.2) is 17.3 Å². The molecular weight excluding hydrogens is 226 g/mol. The van der Waals surface area contributed by atoms with Crippen molar-refractivity contribution in [1.82, 2.24) is 14.6 Å². The van der Waals surface area contributed by atoms with E-state index in [1.165, 1.54) is 24.1 Å². The molecule has 0 aliphatic carbocycles. The molecule has 0 aromatic carbocycles. The van der Waals surface area contributed by atoms with Crippen molar-refractivity contribution in [1.29, 1.82) is 0 Å². The summed E-state index contributed by atoms with van der Waals surface area (Å²) in [6.07, 6.45) is 2.69. The van der Waals surface area contributed by atoms with E-state index in [1.807, 2.05) is 0 Å². The van der Waals surface area contributed by atoms with E-state index in [2.05, 4.69) is 10.1 Å². The number of rotatable bonds is 3. The molecule has 0 aliphatic heterocycles. The van der Waals surface area contributed by atoms with Gasteiger partial charge in [0.25, 0.3) is 5.56 Å². The molecule has 7 nitrogen and oxygen atoms in total. The van der Waals surface area contributed by atoms with E-state index in [-0.39, 0.29) is 23.4 Å². The molecule has 0 fully saturated rings. The highest BCUT2D eigenvalue weighted by Gasteiger charge is 2.22. The predicted molar refractivity (Wildman–Crippen MR) is 58.3 cm³/mol. The van der Waals surface area contributed by atoms with Crippen LogP contribution in [0.5, 0.6) is 5.75 Å². The number of carbonyl (C=O) groups is 1. The zero-order valence-corrected chi connectivity index (χ0v) is 9.39. The molecule has 2 heterocycles. The van der Waals surface area contributed by atoms with Crippen LogP contribution in [0.2, 0.25) is 0 Å². The highest BCUT2D eigenvalue weighted by molar-refractivity contribution is 6.00. The number of aromatic nitrogens is 3. The fourth-order valence-electron chi connectivity index (χ4n) is 1.55. The molecule has 17 heavy (non-hydrogen) atoms. The Bertz CT molecular complexity index is 614. The average molecular weight is 237 g/mol. The van der Waals surface area contributed by atoms with Crippen LogP contribution >= 0.6 is 0 Å². The van der Waals surface area contributed by atoms with Crippen molar-refractivity contribution in [3.63, 3.8) is 0 Å². The van der Waals surface area contributed by atoms with Crippen LogP contribution in [0, 0.1) is 0 Å². The van der Waals surface area contributed by atoms with Crippen molar-refractivity contribution < 1.29 is 14.3 Å². The van der Waals surface area contributed by atoms with Crippen LogP contribution in [0.3, 0.4) is 0 Å². The number of nitrogens with one attached hydrogen (secondary N) is 1. The van der Waals surface area contributed by atoms with Gasteiger partial charge in [0.2, 0.25) is 0 Å². The summed E-state index contributed by atoms with van der Waals surface area (Å²) in [5.74, 6) is -0.349. The van der Waals surface area contributed by atoms with Gasteiger partial charge in [0.15, 0.2) is 5.75 Å². The first-order chi connectivity index (χ1) is 8.19. The van der Waals surface area contributed by atoms with Crippen LogP contribution in [-0.2, 0) is 4.74 Å². The number of esters is 1. The molecule has 0 unspecified atom stereocenters. The average Bonchev–Trinajstić information content (AvgIpc) is 2.69. The maximum Gasteiger partial charge on any atom is 0.344 e. The number of hydrogen-bond acceptors (Lipinski definition) is 5. The molecule has 2 aromatic rings. The molecule has 2 rings (SSSR count). The first kappa shape index (κ1) is 11.2. The van der Waals surface area contributed by atoms with Crippen molar-refractivity contribution in [2.45, 2.75) is 6.92 Å². The van der Waals surface area contributed by atoms with E-state index in [9.17, 15) is 9.59 Å². The van der Waals surface area contributed by atoms with Gasteiger partial charge >= 0.3 is 5.97 Å². The number of nitrogens with zero attached hydrogens (tertiary/aromatic N) is 2. The minimum Gasteiger partial charge on any atom is -0.494 e. The first-order valence-corrected chi connectivity index (χ1v) is 4.99. The van der Waals surface area contributed by atoms with Crippen molar-refractivity contribution in [2.24, 2.45) is 0 Å². The van der Waals surface area contributed by atoms with Gasteiger partial charge in [-0.2, -0.15) is 5.10 Å². The normalized spacial score (nSPS) is 10.5. The molecular formula is C10H11N3O4. The fraction of sp³-hybridized carbons (Fsp3) is 0.300. The number of methoxy groups -OCH3 is 1. The van der Waals surface area contributed by atoms with Crippen molar-refractivity contribution >= 4 is 11.5 Å². The third kappa shape index (κ3) is 1.75. The molecule has 2 aromatic heterocycles. The van der Waals surface area contributed by atoms with Gasteiger partial charge < -0.3 is 14.5 Å². The topological polar surface area (TPSA) is 85.7 Å². The van der Waals surface area contributed by atoms with Crippen LogP contribution in [-0.4, -0.2) is 34.3 Å². The maximum absolute atomic E-state index is 11.8. The maximum atomic E-state index is 11.8. The molecule has 1 N–H and O–H groups in total. The van der Waals surface area contributed by atoms with Gasteiger partial charge in [0, 0.05) is 0 Å². The Morgan fingerprint density at radius 3 is 3.00 bits per heavy atom. The second-order valence-corrected chi connectivity index (χ2v) is 3.20. The summed E-state index contributed by atoms with van der Waals surface area (Å²) in [4.78, 5) is 25.8. The molecule has 0 atom stereocenters. The molecule has 0 bridgehead atoms. The van der Waals surface area contributed by atoms with Gasteiger partial charge in [-0.15, -0.1) is 0 Å². The largest absolute Gasteiger partial charge is 0.494 e. The number of hydrogen-bond donors (Lipinski definition) is 1. The third-order valence-electron chi connectivity index (χ3n) is 2.24. The van der Waals surface area contributed by atoms with Gasteiger partial charge in [-0.05, 0) is 6.92 Å². The van der Waals surface area contributed by atoms with E-state index >= 15 is 0 Å². The number of H-pyrrole nitrogens is 1. The molecule has 0 amide bonds. The Morgan fingerprint density at radius 1 is 1.59 bits per heavy atom. The number of carbonyl (C=O) groups excluding carboxylic acids is 1. The van der Waals surface area contributed by atoms with Crippen LogP contribution < -0.4 is 10.3 Å². The second kappa shape index (κ2) is 4.28. The standard InChI is InChI=1S/C10H11N3O4/c1-3-17-10(15)7-6(16-2)4-13-8(7)9(14)11-5-12-13/h4-5H,3H2,1-2H3,(H,11,12,14). The SMILES string of the molecule is CCOC(=O)c1c(OC)cn2nc[nH]c(=O)c12. The molecule has 7 heteroatoms.